The second kappa shape index (κ2) is 7.15. The van der Waals surface area contributed by atoms with Gasteiger partial charge in [0.05, 0.1) is 16.3 Å². The maximum atomic E-state index is 11.6. The van der Waals surface area contributed by atoms with Crippen molar-refractivity contribution in [2.45, 2.75) is 32.1 Å². The van der Waals surface area contributed by atoms with Gasteiger partial charge in [-0.25, -0.2) is 0 Å². The van der Waals surface area contributed by atoms with Gasteiger partial charge in [0.2, 0.25) is 5.89 Å². The van der Waals surface area contributed by atoms with Crippen LogP contribution in [0.2, 0.25) is 5.02 Å². The number of benzene rings is 1. The molecule has 0 saturated heterocycles. The Morgan fingerprint density at radius 1 is 1.32 bits per heavy atom. The van der Waals surface area contributed by atoms with Crippen LogP contribution in [0.15, 0.2) is 28.7 Å². The maximum Gasteiger partial charge on any atom is 0.316 e. The van der Waals surface area contributed by atoms with Crippen LogP contribution in [0, 0.1) is 0 Å². The lowest BCUT2D eigenvalue weighted by atomic mass is 10.2. The van der Waals surface area contributed by atoms with Crippen molar-refractivity contribution in [3.05, 3.63) is 35.2 Å². The highest BCUT2D eigenvalue weighted by Gasteiger charge is 2.16. The van der Waals surface area contributed by atoms with Gasteiger partial charge in [0.1, 0.15) is 0 Å². The molecule has 0 aliphatic heterocycles. The topological polar surface area (TPSA) is 65.2 Å². The third-order valence-corrected chi connectivity index (χ3v) is 4.13. The van der Waals surface area contributed by atoms with Crippen molar-refractivity contribution in [2.24, 2.45) is 0 Å². The number of halogens is 1. The summed E-state index contributed by atoms with van der Waals surface area (Å²) in [6.45, 7) is 6.08. The fraction of sp³-hybridized carbons (Fsp3) is 0.400. The molecule has 0 spiro atoms. The molecule has 5 nitrogen and oxygen atoms in total. The molecule has 0 radical (unpaired) electrons. The standard InChI is InChI=1S/C15H17ClN2O3S/c1-15(2,3)22-9-13(19)20-8-12-17-18-14(21-12)10-6-4-5-7-11(10)16/h4-7H,8-9H2,1-3H3. The summed E-state index contributed by atoms with van der Waals surface area (Å²) in [6, 6.07) is 7.17. The molecule has 0 amide bonds. The zero-order chi connectivity index (χ0) is 16.2. The third-order valence-electron chi connectivity index (χ3n) is 2.55. The van der Waals surface area contributed by atoms with Gasteiger partial charge < -0.3 is 9.15 Å². The normalized spacial score (nSPS) is 11.5. The van der Waals surface area contributed by atoms with E-state index in [2.05, 4.69) is 10.2 Å². The molecule has 22 heavy (non-hydrogen) atoms. The van der Waals surface area contributed by atoms with Crippen molar-refractivity contribution in [1.29, 1.82) is 0 Å². The molecular formula is C15H17ClN2O3S. The molecule has 1 heterocycles. The number of carbonyl (C=O) groups is 1. The lowest BCUT2D eigenvalue weighted by Gasteiger charge is -2.16. The van der Waals surface area contributed by atoms with Crippen molar-refractivity contribution in [3.63, 3.8) is 0 Å². The summed E-state index contributed by atoms with van der Waals surface area (Å²) in [5.74, 6) is 0.525. The van der Waals surface area contributed by atoms with E-state index >= 15 is 0 Å². The zero-order valence-corrected chi connectivity index (χ0v) is 14.2. The Balaban J connectivity index is 1.90. The van der Waals surface area contributed by atoms with E-state index in [9.17, 15) is 4.79 Å². The molecule has 7 heteroatoms. The number of ether oxygens (including phenoxy) is 1. The highest BCUT2D eigenvalue weighted by molar-refractivity contribution is 8.01. The van der Waals surface area contributed by atoms with E-state index < -0.39 is 0 Å². The van der Waals surface area contributed by atoms with Crippen molar-refractivity contribution in [1.82, 2.24) is 10.2 Å². The van der Waals surface area contributed by atoms with Gasteiger partial charge in [-0.15, -0.1) is 22.0 Å². The monoisotopic (exact) mass is 340 g/mol. The van der Waals surface area contributed by atoms with E-state index in [1.165, 1.54) is 11.8 Å². The first-order chi connectivity index (χ1) is 10.3. The highest BCUT2D eigenvalue weighted by atomic mass is 35.5. The summed E-state index contributed by atoms with van der Waals surface area (Å²) in [4.78, 5) is 11.6. The smallest absolute Gasteiger partial charge is 0.316 e. The SMILES string of the molecule is CC(C)(C)SCC(=O)OCc1nnc(-c2ccccc2Cl)o1. The van der Waals surface area contributed by atoms with Crippen LogP contribution in [-0.4, -0.2) is 26.7 Å². The molecule has 2 rings (SSSR count). The van der Waals surface area contributed by atoms with Gasteiger partial charge in [0, 0.05) is 4.75 Å². The quantitative estimate of drug-likeness (QED) is 0.767. The summed E-state index contributed by atoms with van der Waals surface area (Å²) >= 11 is 7.59. The first-order valence-corrected chi connectivity index (χ1v) is 8.08. The molecule has 0 unspecified atom stereocenters. The van der Waals surface area contributed by atoms with Crippen LogP contribution in [0.25, 0.3) is 11.5 Å². The minimum Gasteiger partial charge on any atom is -0.455 e. The molecule has 1 aromatic heterocycles. The van der Waals surface area contributed by atoms with Crippen LogP contribution >= 0.6 is 23.4 Å². The number of hydrogen-bond acceptors (Lipinski definition) is 6. The summed E-state index contributed by atoms with van der Waals surface area (Å²) in [7, 11) is 0. The van der Waals surface area contributed by atoms with E-state index in [1.807, 2.05) is 32.9 Å². The van der Waals surface area contributed by atoms with Gasteiger partial charge in [0.25, 0.3) is 5.89 Å². The van der Waals surface area contributed by atoms with Crippen LogP contribution < -0.4 is 0 Å². The maximum absolute atomic E-state index is 11.6. The summed E-state index contributed by atoms with van der Waals surface area (Å²) in [5.41, 5.74) is 0.650. The Morgan fingerprint density at radius 3 is 2.73 bits per heavy atom. The number of carbonyl (C=O) groups excluding carboxylic acids is 1. The molecule has 0 fully saturated rings. The Morgan fingerprint density at radius 2 is 2.05 bits per heavy atom. The van der Waals surface area contributed by atoms with Crippen LogP contribution in [-0.2, 0) is 16.1 Å². The van der Waals surface area contributed by atoms with Crippen molar-refractivity contribution >= 4 is 29.3 Å². The summed E-state index contributed by atoms with van der Waals surface area (Å²) in [6.07, 6.45) is 0. The molecule has 0 saturated carbocycles. The van der Waals surface area contributed by atoms with Gasteiger partial charge in [-0.3, -0.25) is 4.79 Å². The molecule has 0 aliphatic rings. The van der Waals surface area contributed by atoms with Crippen molar-refractivity contribution in [2.75, 3.05) is 5.75 Å². The fourth-order valence-electron chi connectivity index (χ4n) is 1.51. The van der Waals surface area contributed by atoms with Crippen LogP contribution in [0.1, 0.15) is 26.7 Å². The van der Waals surface area contributed by atoms with Gasteiger partial charge in [-0.2, -0.15) is 0 Å². The number of rotatable bonds is 5. The Kier molecular flexibility index (Phi) is 5.47. The predicted octanol–water partition coefficient (Wildman–Crippen LogP) is 3.96. The van der Waals surface area contributed by atoms with E-state index in [-0.39, 0.29) is 29.0 Å². The first-order valence-electron chi connectivity index (χ1n) is 6.72. The van der Waals surface area contributed by atoms with Gasteiger partial charge in [0.15, 0.2) is 6.61 Å². The number of aromatic nitrogens is 2. The Labute approximate surface area is 138 Å². The van der Waals surface area contributed by atoms with Gasteiger partial charge >= 0.3 is 5.97 Å². The molecule has 0 bridgehead atoms. The summed E-state index contributed by atoms with van der Waals surface area (Å²) < 4.78 is 10.6. The van der Waals surface area contributed by atoms with E-state index in [0.29, 0.717) is 16.5 Å². The Hall–Kier alpha value is -1.53. The Bertz CT molecular complexity index is 652. The number of hydrogen-bond donors (Lipinski definition) is 0. The van der Waals surface area contributed by atoms with E-state index in [0.717, 1.165) is 0 Å². The average Bonchev–Trinajstić information content (AvgIpc) is 2.91. The molecular weight excluding hydrogens is 324 g/mol. The van der Waals surface area contributed by atoms with E-state index in [1.54, 1.807) is 12.1 Å². The second-order valence-electron chi connectivity index (χ2n) is 5.54. The molecule has 2 aromatic rings. The van der Waals surface area contributed by atoms with Gasteiger partial charge in [-0.1, -0.05) is 44.5 Å². The lowest BCUT2D eigenvalue weighted by molar-refractivity contribution is -0.142. The molecule has 0 N–H and O–H groups in total. The second-order valence-corrected chi connectivity index (χ2v) is 7.75. The zero-order valence-electron chi connectivity index (χ0n) is 12.6. The first kappa shape index (κ1) is 16.8. The predicted molar refractivity (Wildman–Crippen MR) is 86.8 cm³/mol. The number of esters is 1. The molecule has 1 aromatic carbocycles. The minimum atomic E-state index is -0.308. The molecule has 0 aliphatic carbocycles. The third kappa shape index (κ3) is 5.03. The van der Waals surface area contributed by atoms with Crippen molar-refractivity contribution < 1.29 is 13.9 Å². The van der Waals surface area contributed by atoms with Crippen LogP contribution in [0.5, 0.6) is 0 Å². The number of nitrogens with zero attached hydrogens (tertiary/aromatic N) is 2. The van der Waals surface area contributed by atoms with E-state index in [4.69, 9.17) is 20.8 Å². The molecule has 0 atom stereocenters. The number of thioether (sulfide) groups is 1. The largest absolute Gasteiger partial charge is 0.455 e. The lowest BCUT2D eigenvalue weighted by Crippen LogP contribution is -2.15. The van der Waals surface area contributed by atoms with Crippen LogP contribution in [0.3, 0.4) is 0 Å². The summed E-state index contributed by atoms with van der Waals surface area (Å²) in [5, 5.41) is 8.29. The van der Waals surface area contributed by atoms with Crippen LogP contribution in [0.4, 0.5) is 0 Å². The average molecular weight is 341 g/mol. The van der Waals surface area contributed by atoms with Gasteiger partial charge in [-0.05, 0) is 12.1 Å². The molecule has 118 valence electrons. The van der Waals surface area contributed by atoms with Crippen molar-refractivity contribution in [3.8, 4) is 11.5 Å². The fourth-order valence-corrected chi connectivity index (χ4v) is 2.37. The minimum absolute atomic E-state index is 0.0146. The highest BCUT2D eigenvalue weighted by Crippen LogP contribution is 2.26.